The molecule has 1 rings (SSSR count). The summed E-state index contributed by atoms with van der Waals surface area (Å²) in [4.78, 5) is 11.6. The molecule has 0 heterocycles. The number of hydrogen-bond donors (Lipinski definition) is 1. The van der Waals surface area contributed by atoms with Gasteiger partial charge in [0.05, 0.1) is 12.2 Å². The van der Waals surface area contributed by atoms with Crippen LogP contribution in [0.2, 0.25) is 0 Å². The Balaban J connectivity index is 2.92. The molecule has 80 valence electrons. The minimum atomic E-state index is -0.327. The van der Waals surface area contributed by atoms with Crippen molar-refractivity contribution in [2.24, 2.45) is 0 Å². The highest BCUT2D eigenvalue weighted by Gasteiger charge is 2.10. The summed E-state index contributed by atoms with van der Waals surface area (Å²) in [6.07, 6.45) is 2.41. The Hall–Kier alpha value is -1.77. The van der Waals surface area contributed by atoms with E-state index in [1.807, 2.05) is 6.92 Å². The van der Waals surface area contributed by atoms with Gasteiger partial charge in [-0.25, -0.2) is 4.79 Å². The van der Waals surface area contributed by atoms with Gasteiger partial charge in [0.1, 0.15) is 0 Å². The summed E-state index contributed by atoms with van der Waals surface area (Å²) in [6.45, 7) is 6.01. The van der Waals surface area contributed by atoms with E-state index in [1.165, 1.54) is 0 Å². The topological polar surface area (TPSA) is 52.3 Å². The molecule has 3 nitrogen and oxygen atoms in total. The van der Waals surface area contributed by atoms with Gasteiger partial charge in [0.25, 0.3) is 0 Å². The van der Waals surface area contributed by atoms with Gasteiger partial charge < -0.3 is 10.5 Å². The molecule has 0 bridgehead atoms. The highest BCUT2D eigenvalue weighted by atomic mass is 16.5. The number of hydrogen-bond acceptors (Lipinski definition) is 3. The number of nitrogen functional groups attached to an aromatic ring is 1. The van der Waals surface area contributed by atoms with Gasteiger partial charge in [-0.05, 0) is 30.2 Å². The molecule has 0 aliphatic carbocycles. The Labute approximate surface area is 89.5 Å². The second-order valence-electron chi connectivity index (χ2n) is 3.19. The average molecular weight is 205 g/mol. The first-order valence-corrected chi connectivity index (χ1v) is 4.88. The van der Waals surface area contributed by atoms with E-state index >= 15 is 0 Å². The second kappa shape index (κ2) is 5.20. The molecule has 0 saturated carbocycles. The summed E-state index contributed by atoms with van der Waals surface area (Å²) in [5, 5.41) is 0. The van der Waals surface area contributed by atoms with E-state index < -0.39 is 0 Å². The van der Waals surface area contributed by atoms with Crippen molar-refractivity contribution < 1.29 is 9.53 Å². The molecule has 0 aromatic heterocycles. The van der Waals surface area contributed by atoms with Crippen LogP contribution in [0.25, 0.3) is 6.08 Å². The molecule has 0 aliphatic heterocycles. The maximum absolute atomic E-state index is 11.6. The Kier molecular flexibility index (Phi) is 3.92. The highest BCUT2D eigenvalue weighted by Crippen LogP contribution is 2.15. The fraction of sp³-hybridized carbons (Fsp3) is 0.250. The Morgan fingerprint density at radius 2 is 2.33 bits per heavy atom. The molecule has 0 aliphatic rings. The summed E-state index contributed by atoms with van der Waals surface area (Å²) in [5.74, 6) is -0.327. The van der Waals surface area contributed by atoms with E-state index in [0.717, 1.165) is 6.42 Å². The number of esters is 1. The molecule has 2 N–H and O–H groups in total. The summed E-state index contributed by atoms with van der Waals surface area (Å²) in [7, 11) is 0. The smallest absolute Gasteiger partial charge is 0.338 e. The number of ether oxygens (including phenoxy) is 1. The third kappa shape index (κ3) is 2.84. The summed E-state index contributed by atoms with van der Waals surface area (Å²) < 4.78 is 5.03. The van der Waals surface area contributed by atoms with E-state index in [1.54, 1.807) is 24.3 Å². The average Bonchev–Trinajstić information content (AvgIpc) is 2.25. The van der Waals surface area contributed by atoms with Crippen molar-refractivity contribution in [1.82, 2.24) is 0 Å². The van der Waals surface area contributed by atoms with E-state index in [9.17, 15) is 4.79 Å². The molecule has 0 atom stereocenters. The van der Waals surface area contributed by atoms with Crippen molar-refractivity contribution in [2.45, 2.75) is 13.3 Å². The lowest BCUT2D eigenvalue weighted by Crippen LogP contribution is -2.08. The van der Waals surface area contributed by atoms with Crippen LogP contribution >= 0.6 is 0 Å². The van der Waals surface area contributed by atoms with Crippen LogP contribution < -0.4 is 5.73 Å². The van der Waals surface area contributed by atoms with E-state index in [0.29, 0.717) is 23.4 Å². The molecule has 0 saturated heterocycles. The molecule has 0 fully saturated rings. The van der Waals surface area contributed by atoms with Crippen LogP contribution in [0.5, 0.6) is 0 Å². The quantitative estimate of drug-likeness (QED) is 0.607. The predicted octanol–water partition coefficient (Wildman–Crippen LogP) is 2.48. The fourth-order valence-electron chi connectivity index (χ4n) is 1.21. The molecule has 3 heteroatoms. The van der Waals surface area contributed by atoms with Gasteiger partial charge in [-0.1, -0.05) is 19.6 Å². The Morgan fingerprint density at radius 1 is 1.60 bits per heavy atom. The summed E-state index contributed by atoms with van der Waals surface area (Å²) in [5.41, 5.74) is 7.42. The number of nitrogens with two attached hydrogens (primary N) is 1. The van der Waals surface area contributed by atoms with Crippen LogP contribution in [0, 0.1) is 0 Å². The van der Waals surface area contributed by atoms with Crippen molar-refractivity contribution in [1.29, 1.82) is 0 Å². The van der Waals surface area contributed by atoms with Crippen LogP contribution in [-0.2, 0) is 4.74 Å². The first-order valence-electron chi connectivity index (χ1n) is 4.88. The van der Waals surface area contributed by atoms with Crippen LogP contribution in [-0.4, -0.2) is 12.6 Å². The number of carbonyl (C=O) groups excluding carboxylic acids is 1. The van der Waals surface area contributed by atoms with Gasteiger partial charge in [-0.3, -0.25) is 0 Å². The monoisotopic (exact) mass is 205 g/mol. The molecule has 15 heavy (non-hydrogen) atoms. The predicted molar refractivity (Wildman–Crippen MR) is 61.5 cm³/mol. The molecular formula is C12H15NO2. The van der Waals surface area contributed by atoms with Gasteiger partial charge in [-0.2, -0.15) is 0 Å². The highest BCUT2D eigenvalue weighted by molar-refractivity contribution is 5.94. The molecule has 0 amide bonds. The minimum Gasteiger partial charge on any atom is -0.462 e. The van der Waals surface area contributed by atoms with Gasteiger partial charge >= 0.3 is 5.97 Å². The van der Waals surface area contributed by atoms with Crippen LogP contribution in [0.4, 0.5) is 5.69 Å². The van der Waals surface area contributed by atoms with E-state index in [2.05, 4.69) is 6.58 Å². The molecule has 1 aromatic rings. The molecule has 0 radical (unpaired) electrons. The lowest BCUT2D eigenvalue weighted by atomic mass is 10.1. The Morgan fingerprint density at radius 3 is 2.93 bits per heavy atom. The largest absolute Gasteiger partial charge is 0.462 e. The lowest BCUT2D eigenvalue weighted by Gasteiger charge is -2.06. The molecular weight excluding hydrogens is 190 g/mol. The molecule has 0 unspecified atom stereocenters. The first-order chi connectivity index (χ1) is 7.19. The zero-order valence-corrected chi connectivity index (χ0v) is 8.82. The molecule has 1 aromatic carbocycles. The van der Waals surface area contributed by atoms with Crippen molar-refractivity contribution in [3.05, 3.63) is 35.9 Å². The SMILES string of the molecule is C=Cc1cc(N)ccc1C(=O)OCCC. The zero-order chi connectivity index (χ0) is 11.3. The van der Waals surface area contributed by atoms with Crippen molar-refractivity contribution in [2.75, 3.05) is 12.3 Å². The third-order valence-electron chi connectivity index (χ3n) is 1.95. The number of rotatable bonds is 4. The Bertz CT molecular complexity index is 372. The third-order valence-corrected chi connectivity index (χ3v) is 1.95. The van der Waals surface area contributed by atoms with E-state index in [4.69, 9.17) is 10.5 Å². The van der Waals surface area contributed by atoms with Crippen LogP contribution in [0.15, 0.2) is 24.8 Å². The van der Waals surface area contributed by atoms with Crippen LogP contribution in [0.1, 0.15) is 29.3 Å². The number of anilines is 1. The maximum atomic E-state index is 11.6. The normalized spacial score (nSPS) is 9.67. The van der Waals surface area contributed by atoms with Gasteiger partial charge in [0.15, 0.2) is 0 Å². The van der Waals surface area contributed by atoms with Crippen molar-refractivity contribution in [3.63, 3.8) is 0 Å². The maximum Gasteiger partial charge on any atom is 0.338 e. The van der Waals surface area contributed by atoms with Gasteiger partial charge in [0, 0.05) is 5.69 Å². The van der Waals surface area contributed by atoms with Crippen LogP contribution in [0.3, 0.4) is 0 Å². The zero-order valence-electron chi connectivity index (χ0n) is 8.82. The van der Waals surface area contributed by atoms with Gasteiger partial charge in [0.2, 0.25) is 0 Å². The lowest BCUT2D eigenvalue weighted by molar-refractivity contribution is 0.0505. The van der Waals surface area contributed by atoms with Gasteiger partial charge in [-0.15, -0.1) is 0 Å². The van der Waals surface area contributed by atoms with Crippen molar-refractivity contribution in [3.8, 4) is 0 Å². The molecule has 0 spiro atoms. The number of carbonyl (C=O) groups is 1. The number of benzene rings is 1. The van der Waals surface area contributed by atoms with Crippen molar-refractivity contribution >= 4 is 17.7 Å². The second-order valence-corrected chi connectivity index (χ2v) is 3.19. The van der Waals surface area contributed by atoms with E-state index in [-0.39, 0.29) is 5.97 Å². The minimum absolute atomic E-state index is 0.327. The summed E-state index contributed by atoms with van der Waals surface area (Å²) in [6, 6.07) is 5.04. The first kappa shape index (κ1) is 11.3. The standard InChI is InChI=1S/C12H15NO2/c1-3-7-15-12(14)11-6-5-10(13)8-9(11)4-2/h4-6,8H,2-3,7,13H2,1H3. The fourth-order valence-corrected chi connectivity index (χ4v) is 1.21. The summed E-state index contributed by atoms with van der Waals surface area (Å²) >= 11 is 0.